The van der Waals surface area contributed by atoms with Gasteiger partial charge in [-0.3, -0.25) is 14.3 Å². The van der Waals surface area contributed by atoms with E-state index in [9.17, 15) is 9.59 Å². The second-order valence-electron chi connectivity index (χ2n) is 7.14. The molecule has 4 heterocycles. The van der Waals surface area contributed by atoms with Gasteiger partial charge in [-0.25, -0.2) is 0 Å². The molecule has 2 bridgehead atoms. The Morgan fingerprint density at radius 2 is 2.04 bits per heavy atom. The van der Waals surface area contributed by atoms with Gasteiger partial charge in [0.25, 0.3) is 5.91 Å². The number of piperidine rings is 3. The van der Waals surface area contributed by atoms with E-state index < -0.39 is 0 Å². The van der Waals surface area contributed by atoms with Crippen LogP contribution in [0.25, 0.3) is 10.9 Å². The van der Waals surface area contributed by atoms with Crippen LogP contribution >= 0.6 is 0 Å². The van der Waals surface area contributed by atoms with E-state index in [0.717, 1.165) is 44.4 Å². The van der Waals surface area contributed by atoms with Crippen molar-refractivity contribution in [3.63, 3.8) is 0 Å². The summed E-state index contributed by atoms with van der Waals surface area (Å²) in [5.41, 5.74) is 0.527. The Balaban J connectivity index is 1.67. The first kappa shape index (κ1) is 16.3. The van der Waals surface area contributed by atoms with Gasteiger partial charge in [0, 0.05) is 24.5 Å². The second-order valence-corrected chi connectivity index (χ2v) is 7.14. The monoisotopic (exact) mass is 340 g/mol. The number of rotatable bonds is 4. The third-order valence-corrected chi connectivity index (χ3v) is 5.49. The van der Waals surface area contributed by atoms with E-state index in [1.54, 1.807) is 10.7 Å². The van der Waals surface area contributed by atoms with E-state index in [1.807, 2.05) is 18.2 Å². The highest BCUT2D eigenvalue weighted by molar-refractivity contribution is 5.95. The van der Waals surface area contributed by atoms with Crippen molar-refractivity contribution >= 4 is 16.8 Å². The van der Waals surface area contributed by atoms with E-state index >= 15 is 0 Å². The third kappa shape index (κ3) is 2.95. The van der Waals surface area contributed by atoms with Gasteiger partial charge in [-0.1, -0.05) is 19.1 Å². The number of nitrogens with zero attached hydrogens (tertiary/aromatic N) is 3. The molecule has 0 radical (unpaired) electrons. The molecule has 3 saturated heterocycles. The standard InChI is InChI=1S/C19H24N4O2/c1-2-9-23-16-6-4-3-5-14(16)18(24)17(21-23)19(25)20-15-12-22-10-7-13(15)8-11-22/h3-6,13,15H,2,7-12H2,1H3,(H,20,25). The summed E-state index contributed by atoms with van der Waals surface area (Å²) >= 11 is 0. The fourth-order valence-electron chi connectivity index (χ4n) is 4.13. The van der Waals surface area contributed by atoms with Gasteiger partial charge in [-0.2, -0.15) is 5.10 Å². The zero-order chi connectivity index (χ0) is 17.4. The molecule has 3 aliphatic rings. The molecule has 1 atom stereocenters. The Kier molecular flexibility index (Phi) is 4.29. The Bertz CT molecular complexity index is 852. The van der Waals surface area contributed by atoms with Crippen LogP contribution in [0.15, 0.2) is 29.1 Å². The maximum Gasteiger partial charge on any atom is 0.276 e. The molecule has 1 aromatic heterocycles. The molecule has 1 N–H and O–H groups in total. The van der Waals surface area contributed by atoms with Crippen molar-refractivity contribution in [2.75, 3.05) is 19.6 Å². The van der Waals surface area contributed by atoms with E-state index in [0.29, 0.717) is 17.8 Å². The molecule has 1 amide bonds. The quantitative estimate of drug-likeness (QED) is 0.919. The zero-order valence-corrected chi connectivity index (χ0v) is 14.6. The largest absolute Gasteiger partial charge is 0.346 e. The minimum atomic E-state index is -0.334. The Morgan fingerprint density at radius 3 is 2.72 bits per heavy atom. The number of carbonyl (C=O) groups excluding carboxylic acids is 1. The molecular weight excluding hydrogens is 316 g/mol. The lowest BCUT2D eigenvalue weighted by Gasteiger charge is -2.44. The Labute approximate surface area is 146 Å². The van der Waals surface area contributed by atoms with Crippen LogP contribution in [-0.2, 0) is 6.54 Å². The van der Waals surface area contributed by atoms with Crippen molar-refractivity contribution in [2.45, 2.75) is 38.8 Å². The summed E-state index contributed by atoms with van der Waals surface area (Å²) in [7, 11) is 0. The second kappa shape index (κ2) is 6.59. The van der Waals surface area contributed by atoms with Crippen LogP contribution < -0.4 is 10.7 Å². The maximum absolute atomic E-state index is 12.8. The van der Waals surface area contributed by atoms with E-state index in [1.165, 1.54) is 0 Å². The molecule has 0 saturated carbocycles. The third-order valence-electron chi connectivity index (χ3n) is 5.49. The highest BCUT2D eigenvalue weighted by atomic mass is 16.2. The van der Waals surface area contributed by atoms with Gasteiger partial charge >= 0.3 is 0 Å². The SMILES string of the molecule is CCCn1nc(C(=O)NC2CN3CCC2CC3)c(=O)c2ccccc21. The van der Waals surface area contributed by atoms with Crippen LogP contribution in [0, 0.1) is 5.92 Å². The van der Waals surface area contributed by atoms with Crippen molar-refractivity contribution in [1.82, 2.24) is 20.0 Å². The van der Waals surface area contributed by atoms with Crippen LogP contribution in [0.5, 0.6) is 0 Å². The first-order chi connectivity index (χ1) is 12.2. The average molecular weight is 340 g/mol. The molecule has 3 aliphatic heterocycles. The summed E-state index contributed by atoms with van der Waals surface area (Å²) in [6.07, 6.45) is 3.13. The van der Waals surface area contributed by atoms with Crippen molar-refractivity contribution < 1.29 is 4.79 Å². The van der Waals surface area contributed by atoms with Crippen molar-refractivity contribution in [2.24, 2.45) is 5.92 Å². The summed E-state index contributed by atoms with van der Waals surface area (Å²) in [5.74, 6) is 0.187. The summed E-state index contributed by atoms with van der Waals surface area (Å²) < 4.78 is 1.78. The summed E-state index contributed by atoms with van der Waals surface area (Å²) in [6.45, 7) is 5.86. The lowest BCUT2D eigenvalue weighted by atomic mass is 9.84. The van der Waals surface area contributed by atoms with Crippen LogP contribution in [0.4, 0.5) is 0 Å². The van der Waals surface area contributed by atoms with Crippen LogP contribution in [0.2, 0.25) is 0 Å². The maximum atomic E-state index is 12.8. The smallest absolute Gasteiger partial charge is 0.276 e. The molecule has 1 unspecified atom stereocenters. The topological polar surface area (TPSA) is 67.2 Å². The highest BCUT2D eigenvalue weighted by Gasteiger charge is 2.35. The molecule has 6 nitrogen and oxygen atoms in total. The number of aromatic nitrogens is 2. The first-order valence-electron chi connectivity index (χ1n) is 9.20. The van der Waals surface area contributed by atoms with E-state index in [4.69, 9.17) is 0 Å². The summed E-state index contributed by atoms with van der Waals surface area (Å²) in [4.78, 5) is 28.0. The molecule has 1 aromatic carbocycles. The average Bonchev–Trinajstić information content (AvgIpc) is 2.65. The first-order valence-corrected chi connectivity index (χ1v) is 9.20. The number of nitrogens with one attached hydrogen (secondary N) is 1. The molecule has 5 rings (SSSR count). The molecule has 0 aliphatic carbocycles. The molecule has 132 valence electrons. The van der Waals surface area contributed by atoms with E-state index in [-0.39, 0.29) is 23.1 Å². The molecular formula is C19H24N4O2. The van der Waals surface area contributed by atoms with Crippen LogP contribution in [-0.4, -0.2) is 46.3 Å². The van der Waals surface area contributed by atoms with Crippen molar-refractivity contribution in [3.8, 4) is 0 Å². The number of fused-ring (bicyclic) bond motifs is 4. The number of carbonyl (C=O) groups is 1. The lowest BCUT2D eigenvalue weighted by molar-refractivity contribution is 0.0616. The fraction of sp³-hybridized carbons (Fsp3) is 0.526. The highest BCUT2D eigenvalue weighted by Crippen LogP contribution is 2.27. The molecule has 0 spiro atoms. The fourth-order valence-corrected chi connectivity index (χ4v) is 4.13. The number of para-hydroxylation sites is 1. The van der Waals surface area contributed by atoms with Gasteiger partial charge in [0.05, 0.1) is 5.52 Å². The predicted octanol–water partition coefficient (Wildman–Crippen LogP) is 1.63. The number of hydrogen-bond donors (Lipinski definition) is 1. The summed E-state index contributed by atoms with van der Waals surface area (Å²) in [6, 6.07) is 7.50. The minimum Gasteiger partial charge on any atom is -0.346 e. The number of aryl methyl sites for hydroxylation is 1. The predicted molar refractivity (Wildman–Crippen MR) is 96.7 cm³/mol. The molecule has 25 heavy (non-hydrogen) atoms. The number of hydrogen-bond acceptors (Lipinski definition) is 4. The molecule has 2 aromatic rings. The zero-order valence-electron chi connectivity index (χ0n) is 14.6. The van der Waals surface area contributed by atoms with Crippen LogP contribution in [0.1, 0.15) is 36.7 Å². The van der Waals surface area contributed by atoms with Gasteiger partial charge in [0.2, 0.25) is 5.43 Å². The van der Waals surface area contributed by atoms with Crippen molar-refractivity contribution in [3.05, 3.63) is 40.2 Å². The molecule has 3 fully saturated rings. The minimum absolute atomic E-state index is 0.0172. The number of benzene rings is 1. The lowest BCUT2D eigenvalue weighted by Crippen LogP contribution is -2.57. The van der Waals surface area contributed by atoms with Gasteiger partial charge in [-0.05, 0) is 50.4 Å². The molecule has 6 heteroatoms. The van der Waals surface area contributed by atoms with Gasteiger partial charge < -0.3 is 10.2 Å². The Morgan fingerprint density at radius 1 is 1.28 bits per heavy atom. The van der Waals surface area contributed by atoms with Crippen molar-refractivity contribution in [1.29, 1.82) is 0 Å². The normalized spacial score (nSPS) is 25.2. The number of amides is 1. The summed E-state index contributed by atoms with van der Waals surface area (Å²) in [5, 5.41) is 8.04. The van der Waals surface area contributed by atoms with E-state index in [2.05, 4.69) is 22.2 Å². The Hall–Kier alpha value is -2.21. The van der Waals surface area contributed by atoms with Gasteiger partial charge in [0.15, 0.2) is 5.69 Å². The van der Waals surface area contributed by atoms with Gasteiger partial charge in [0.1, 0.15) is 0 Å². The van der Waals surface area contributed by atoms with Crippen LogP contribution in [0.3, 0.4) is 0 Å². The van der Waals surface area contributed by atoms with Gasteiger partial charge in [-0.15, -0.1) is 0 Å².